The van der Waals surface area contributed by atoms with Gasteiger partial charge < -0.3 is 15.4 Å². The van der Waals surface area contributed by atoms with Crippen molar-refractivity contribution in [2.24, 2.45) is 11.7 Å². The lowest BCUT2D eigenvalue weighted by Crippen LogP contribution is -2.48. The fourth-order valence-corrected chi connectivity index (χ4v) is 3.72. The van der Waals surface area contributed by atoms with Gasteiger partial charge >= 0.3 is 0 Å². The van der Waals surface area contributed by atoms with E-state index in [0.29, 0.717) is 32.7 Å². The molecule has 1 fully saturated rings. The van der Waals surface area contributed by atoms with Crippen molar-refractivity contribution in [1.82, 2.24) is 9.80 Å². The van der Waals surface area contributed by atoms with E-state index in [1.165, 1.54) is 5.56 Å². The van der Waals surface area contributed by atoms with Crippen LogP contribution in [0.1, 0.15) is 30.9 Å². The number of aryl methyl sites for hydroxylation is 1. The number of nitrogens with two attached hydrogens (primary N) is 1. The molecule has 0 bridgehead atoms. The normalized spacial score (nSPS) is 24.2. The molecule has 136 valence electrons. The zero-order valence-electron chi connectivity index (χ0n) is 15.0. The molecule has 0 aliphatic carbocycles. The topological polar surface area (TPSA) is 75.9 Å². The molecule has 2 aliphatic rings. The number of carbonyl (C=O) groups is 2. The van der Waals surface area contributed by atoms with Gasteiger partial charge in [-0.25, -0.2) is 0 Å². The summed E-state index contributed by atoms with van der Waals surface area (Å²) in [7, 11) is 0. The van der Waals surface area contributed by atoms with Crippen molar-refractivity contribution in [2.75, 3.05) is 26.2 Å². The molecule has 2 heterocycles. The third-order valence-electron chi connectivity index (χ3n) is 4.99. The number of carbonyl (C=O) groups excluding carboxylic acids is 2. The zero-order valence-corrected chi connectivity index (χ0v) is 15.0. The molecule has 0 saturated carbocycles. The first-order valence-corrected chi connectivity index (χ1v) is 8.98. The van der Waals surface area contributed by atoms with Gasteiger partial charge in [-0.2, -0.15) is 0 Å². The van der Waals surface area contributed by atoms with Crippen LogP contribution in [0.4, 0.5) is 0 Å². The van der Waals surface area contributed by atoms with Gasteiger partial charge in [0.05, 0.1) is 12.5 Å². The lowest BCUT2D eigenvalue weighted by atomic mass is 9.97. The molecule has 3 rings (SSSR count). The summed E-state index contributed by atoms with van der Waals surface area (Å²) in [4.78, 5) is 28.1. The summed E-state index contributed by atoms with van der Waals surface area (Å²) < 4.78 is 5.99. The molecule has 1 aromatic rings. The van der Waals surface area contributed by atoms with E-state index in [9.17, 15) is 9.59 Å². The van der Waals surface area contributed by atoms with Crippen molar-refractivity contribution in [3.05, 3.63) is 29.3 Å². The molecule has 6 heteroatoms. The molecule has 25 heavy (non-hydrogen) atoms. The van der Waals surface area contributed by atoms with Crippen molar-refractivity contribution < 1.29 is 14.3 Å². The monoisotopic (exact) mass is 345 g/mol. The van der Waals surface area contributed by atoms with E-state index >= 15 is 0 Å². The van der Waals surface area contributed by atoms with Crippen molar-refractivity contribution >= 4 is 11.8 Å². The number of nitrogens with zero attached hydrogens (tertiary/aromatic N) is 2. The van der Waals surface area contributed by atoms with Crippen molar-refractivity contribution in [3.8, 4) is 5.75 Å². The first kappa shape index (κ1) is 17.7. The zero-order chi connectivity index (χ0) is 18.0. The summed E-state index contributed by atoms with van der Waals surface area (Å²) in [5, 5.41) is 0. The fraction of sp³-hybridized carbons (Fsp3) is 0.579. The molecule has 0 radical (unpaired) electrons. The van der Waals surface area contributed by atoms with Crippen LogP contribution in [0, 0.1) is 12.8 Å². The second-order valence-corrected chi connectivity index (χ2v) is 7.29. The summed E-state index contributed by atoms with van der Waals surface area (Å²) in [6, 6.07) is 6.17. The molecule has 2 aliphatic heterocycles. The Kier molecular flexibility index (Phi) is 5.27. The largest absolute Gasteiger partial charge is 0.489 e. The maximum absolute atomic E-state index is 12.7. The van der Waals surface area contributed by atoms with Crippen molar-refractivity contribution in [2.45, 2.75) is 39.3 Å². The van der Waals surface area contributed by atoms with E-state index in [1.807, 2.05) is 19.1 Å². The van der Waals surface area contributed by atoms with E-state index in [0.717, 1.165) is 24.2 Å². The Hall–Kier alpha value is -2.08. The Balaban J connectivity index is 1.67. The standard InChI is InChI=1S/C19H27N3O3/c1-13-5-6-17-16(8-13)10-21(9-14(2)25-17)12-18(23)22-7-3-4-15(11-22)19(20)24/h5-6,8,14-15H,3-4,7,9-12H2,1-2H3,(H2,20,24). The smallest absolute Gasteiger partial charge is 0.236 e. The van der Waals surface area contributed by atoms with Gasteiger partial charge in [0.1, 0.15) is 11.9 Å². The number of rotatable bonds is 3. The lowest BCUT2D eigenvalue weighted by Gasteiger charge is -2.33. The van der Waals surface area contributed by atoms with Crippen LogP contribution >= 0.6 is 0 Å². The van der Waals surface area contributed by atoms with Gasteiger partial charge in [0.15, 0.2) is 0 Å². The average Bonchev–Trinajstić information content (AvgIpc) is 2.72. The first-order valence-electron chi connectivity index (χ1n) is 8.98. The Bertz CT molecular complexity index is 661. The van der Waals surface area contributed by atoms with Gasteiger partial charge in [-0.3, -0.25) is 14.5 Å². The number of amides is 2. The summed E-state index contributed by atoms with van der Waals surface area (Å²) in [5.74, 6) is 0.445. The minimum absolute atomic E-state index is 0.0245. The van der Waals surface area contributed by atoms with Crippen LogP contribution in [0.2, 0.25) is 0 Å². The van der Waals surface area contributed by atoms with Crippen LogP contribution in [0.3, 0.4) is 0 Å². The van der Waals surface area contributed by atoms with Gasteiger partial charge in [0.25, 0.3) is 0 Å². The predicted octanol–water partition coefficient (Wildman–Crippen LogP) is 1.30. The summed E-state index contributed by atoms with van der Waals surface area (Å²) in [6.07, 6.45) is 1.64. The van der Waals surface area contributed by atoms with Crippen molar-refractivity contribution in [3.63, 3.8) is 0 Å². The van der Waals surface area contributed by atoms with Crippen molar-refractivity contribution in [1.29, 1.82) is 0 Å². The average molecular weight is 345 g/mol. The molecule has 1 aromatic carbocycles. The Morgan fingerprint density at radius 3 is 2.88 bits per heavy atom. The maximum atomic E-state index is 12.7. The molecule has 1 saturated heterocycles. The van der Waals surface area contributed by atoms with Crippen LogP contribution in [0.5, 0.6) is 5.75 Å². The quantitative estimate of drug-likeness (QED) is 0.896. The third-order valence-corrected chi connectivity index (χ3v) is 4.99. The van der Waals surface area contributed by atoms with Gasteiger partial charge in [-0.15, -0.1) is 0 Å². The Morgan fingerprint density at radius 2 is 2.12 bits per heavy atom. The fourth-order valence-electron chi connectivity index (χ4n) is 3.72. The van der Waals surface area contributed by atoms with E-state index in [4.69, 9.17) is 10.5 Å². The van der Waals surface area contributed by atoms with Crippen LogP contribution in [-0.4, -0.2) is 53.9 Å². The molecule has 2 atom stereocenters. The number of likely N-dealkylation sites (tertiary alicyclic amines) is 1. The molecule has 2 unspecified atom stereocenters. The highest BCUT2D eigenvalue weighted by atomic mass is 16.5. The molecular formula is C19H27N3O3. The van der Waals surface area contributed by atoms with Crippen LogP contribution in [-0.2, 0) is 16.1 Å². The van der Waals surface area contributed by atoms with Gasteiger partial charge in [0.2, 0.25) is 11.8 Å². The highest BCUT2D eigenvalue weighted by Gasteiger charge is 2.29. The van der Waals surface area contributed by atoms with E-state index in [2.05, 4.69) is 17.9 Å². The summed E-state index contributed by atoms with van der Waals surface area (Å²) >= 11 is 0. The summed E-state index contributed by atoms with van der Waals surface area (Å²) in [5.41, 5.74) is 7.72. The third kappa shape index (κ3) is 4.31. The highest BCUT2D eigenvalue weighted by molar-refractivity contribution is 5.81. The number of fused-ring (bicyclic) bond motifs is 1. The van der Waals surface area contributed by atoms with Gasteiger partial charge in [-0.05, 0) is 32.8 Å². The van der Waals surface area contributed by atoms with E-state index < -0.39 is 0 Å². The second kappa shape index (κ2) is 7.44. The Labute approximate surface area is 148 Å². The summed E-state index contributed by atoms with van der Waals surface area (Å²) in [6.45, 7) is 6.97. The van der Waals surface area contributed by atoms with Gasteiger partial charge in [-0.1, -0.05) is 17.7 Å². The van der Waals surface area contributed by atoms with Crippen LogP contribution in [0.25, 0.3) is 0 Å². The van der Waals surface area contributed by atoms with Crippen LogP contribution < -0.4 is 10.5 Å². The number of piperidine rings is 1. The highest BCUT2D eigenvalue weighted by Crippen LogP contribution is 2.26. The number of hydrogen-bond donors (Lipinski definition) is 1. The van der Waals surface area contributed by atoms with Crippen LogP contribution in [0.15, 0.2) is 18.2 Å². The molecule has 6 nitrogen and oxygen atoms in total. The predicted molar refractivity (Wildman–Crippen MR) is 95.0 cm³/mol. The minimum Gasteiger partial charge on any atom is -0.489 e. The molecule has 2 amide bonds. The number of ether oxygens (including phenoxy) is 1. The number of hydrogen-bond acceptors (Lipinski definition) is 4. The number of primary amides is 1. The molecule has 0 spiro atoms. The minimum atomic E-state index is -0.307. The lowest BCUT2D eigenvalue weighted by molar-refractivity contribution is -0.136. The maximum Gasteiger partial charge on any atom is 0.236 e. The second-order valence-electron chi connectivity index (χ2n) is 7.29. The SMILES string of the molecule is Cc1ccc2c(c1)CN(CC(=O)N1CCCC(C(N)=O)C1)CC(C)O2. The van der Waals surface area contributed by atoms with E-state index in [-0.39, 0.29) is 23.8 Å². The molecule has 2 N–H and O–H groups in total. The van der Waals surface area contributed by atoms with E-state index in [1.54, 1.807) is 4.90 Å². The van der Waals surface area contributed by atoms with Gasteiger partial charge in [0, 0.05) is 31.7 Å². The number of benzene rings is 1. The first-order chi connectivity index (χ1) is 11.9. The Morgan fingerprint density at radius 1 is 1.32 bits per heavy atom. The molecule has 0 aromatic heterocycles. The molecular weight excluding hydrogens is 318 g/mol.